The highest BCUT2D eigenvalue weighted by molar-refractivity contribution is 5.93. The van der Waals surface area contributed by atoms with Crippen LogP contribution in [0.4, 0.5) is 4.39 Å². The van der Waals surface area contributed by atoms with Gasteiger partial charge in [0, 0.05) is 30.1 Å². The summed E-state index contributed by atoms with van der Waals surface area (Å²) in [5.41, 5.74) is 2.26. The van der Waals surface area contributed by atoms with Crippen molar-refractivity contribution in [3.63, 3.8) is 0 Å². The number of hydrogen-bond donors (Lipinski definition) is 2. The zero-order valence-electron chi connectivity index (χ0n) is 11.0. The van der Waals surface area contributed by atoms with Gasteiger partial charge in [0.2, 0.25) is 0 Å². The Morgan fingerprint density at radius 1 is 1.35 bits per heavy atom. The van der Waals surface area contributed by atoms with E-state index in [1.807, 2.05) is 12.3 Å². The Balaban J connectivity index is 2.35. The summed E-state index contributed by atoms with van der Waals surface area (Å²) in [5, 5.41) is 0. The molecule has 0 aliphatic rings. The predicted octanol–water partition coefficient (Wildman–Crippen LogP) is 0.461. The number of hydrogen-bond acceptors (Lipinski definition) is 3. The molecule has 2 aromatic rings. The van der Waals surface area contributed by atoms with Crippen LogP contribution in [0, 0.1) is 5.82 Å². The minimum absolute atomic E-state index is 0.0589. The number of imidazole rings is 1. The fraction of sp³-hybridized carbons (Fsp3) is 0.231. The first-order valence-corrected chi connectivity index (χ1v) is 6.11. The average molecular weight is 278 g/mol. The normalized spacial score (nSPS) is 10.6. The Hall–Kier alpha value is -2.41. The molecule has 0 bridgehead atoms. The summed E-state index contributed by atoms with van der Waals surface area (Å²) in [7, 11) is 0. The lowest BCUT2D eigenvalue weighted by Gasteiger charge is -2.06. The van der Waals surface area contributed by atoms with Gasteiger partial charge >= 0.3 is 5.69 Å². The summed E-state index contributed by atoms with van der Waals surface area (Å²) in [6.07, 6.45) is 3.22. The fourth-order valence-corrected chi connectivity index (χ4v) is 1.92. The van der Waals surface area contributed by atoms with Crippen molar-refractivity contribution in [3.05, 3.63) is 58.0 Å². The Morgan fingerprint density at radius 3 is 2.65 bits per heavy atom. The fourth-order valence-electron chi connectivity index (χ4n) is 1.92. The summed E-state index contributed by atoms with van der Waals surface area (Å²) in [4.78, 5) is 23.3. The summed E-state index contributed by atoms with van der Waals surface area (Å²) in [6, 6.07) is 3.90. The second-order valence-electron chi connectivity index (χ2n) is 4.27. The predicted molar refractivity (Wildman–Crippen MR) is 71.5 cm³/mol. The average Bonchev–Trinajstić information content (AvgIpc) is 2.81. The van der Waals surface area contributed by atoms with Crippen LogP contribution in [0.15, 0.2) is 35.4 Å². The molecule has 0 unspecified atom stereocenters. The number of carbonyl (C=O) groups excluding carboxylic acids is 1. The van der Waals surface area contributed by atoms with Crippen LogP contribution in [0.3, 0.4) is 0 Å². The van der Waals surface area contributed by atoms with Gasteiger partial charge in [0.15, 0.2) is 0 Å². The van der Waals surface area contributed by atoms with Crippen LogP contribution < -0.4 is 17.0 Å². The molecule has 0 spiro atoms. The first kappa shape index (κ1) is 14.0. The van der Waals surface area contributed by atoms with Gasteiger partial charge in [-0.2, -0.15) is 0 Å². The van der Waals surface area contributed by atoms with Gasteiger partial charge in [0.1, 0.15) is 5.82 Å². The van der Waals surface area contributed by atoms with Gasteiger partial charge in [-0.1, -0.05) is 0 Å². The van der Waals surface area contributed by atoms with Crippen molar-refractivity contribution in [1.82, 2.24) is 14.6 Å². The summed E-state index contributed by atoms with van der Waals surface area (Å²) in [5.74, 6) is 4.05. The molecule has 0 fully saturated rings. The van der Waals surface area contributed by atoms with E-state index >= 15 is 0 Å². The Kier molecular flexibility index (Phi) is 3.99. The number of aromatic nitrogens is 2. The van der Waals surface area contributed by atoms with Crippen LogP contribution in [-0.2, 0) is 13.1 Å². The molecular formula is C13H15FN4O2. The molecule has 0 radical (unpaired) electrons. The number of hydrazine groups is 1. The first-order chi connectivity index (χ1) is 9.56. The van der Waals surface area contributed by atoms with Crippen LogP contribution in [0.5, 0.6) is 0 Å². The van der Waals surface area contributed by atoms with Crippen molar-refractivity contribution in [2.75, 3.05) is 0 Å². The molecule has 0 aliphatic heterocycles. The lowest BCUT2D eigenvalue weighted by atomic mass is 10.1. The maximum absolute atomic E-state index is 13.8. The van der Waals surface area contributed by atoms with Crippen LogP contribution in [0.2, 0.25) is 0 Å². The summed E-state index contributed by atoms with van der Waals surface area (Å²) < 4.78 is 16.6. The third kappa shape index (κ3) is 2.62. The maximum Gasteiger partial charge on any atom is 0.328 e. The second-order valence-corrected chi connectivity index (χ2v) is 4.27. The van der Waals surface area contributed by atoms with Gasteiger partial charge in [0.25, 0.3) is 5.91 Å². The van der Waals surface area contributed by atoms with Crippen LogP contribution in [0.25, 0.3) is 0 Å². The number of rotatable bonds is 4. The molecular weight excluding hydrogens is 263 g/mol. The Morgan fingerprint density at radius 2 is 2.05 bits per heavy atom. The van der Waals surface area contributed by atoms with Gasteiger partial charge < -0.3 is 0 Å². The molecule has 2 rings (SSSR count). The van der Waals surface area contributed by atoms with E-state index in [0.29, 0.717) is 6.54 Å². The minimum atomic E-state index is -0.510. The summed E-state index contributed by atoms with van der Waals surface area (Å²) >= 11 is 0. The lowest BCUT2D eigenvalue weighted by Crippen LogP contribution is -2.30. The smallest absolute Gasteiger partial charge is 0.300 e. The monoisotopic (exact) mass is 278 g/mol. The van der Waals surface area contributed by atoms with E-state index in [1.165, 1.54) is 27.3 Å². The van der Waals surface area contributed by atoms with Crippen molar-refractivity contribution < 1.29 is 9.18 Å². The molecule has 0 saturated carbocycles. The number of nitrogens with one attached hydrogen (secondary N) is 1. The van der Waals surface area contributed by atoms with Gasteiger partial charge in [-0.15, -0.1) is 0 Å². The quantitative estimate of drug-likeness (QED) is 0.484. The van der Waals surface area contributed by atoms with Gasteiger partial charge in [-0.25, -0.2) is 15.0 Å². The van der Waals surface area contributed by atoms with E-state index < -0.39 is 11.7 Å². The highest BCUT2D eigenvalue weighted by atomic mass is 19.1. The molecule has 0 atom stereocenters. The Labute approximate surface area is 114 Å². The number of benzene rings is 1. The third-order valence-corrected chi connectivity index (χ3v) is 3.04. The molecule has 0 saturated heterocycles. The van der Waals surface area contributed by atoms with E-state index in [-0.39, 0.29) is 23.4 Å². The standard InChI is InChI=1S/C13H15FN4O2/c1-2-17-5-6-18(13(17)20)8-10-7-9(12(19)16-15)3-4-11(10)14/h3-7H,2,8,15H2,1H3,(H,16,19). The molecule has 1 aromatic heterocycles. The van der Waals surface area contributed by atoms with E-state index in [2.05, 4.69) is 0 Å². The van der Waals surface area contributed by atoms with Crippen LogP contribution in [0.1, 0.15) is 22.8 Å². The van der Waals surface area contributed by atoms with E-state index in [9.17, 15) is 14.0 Å². The van der Waals surface area contributed by atoms with Crippen LogP contribution >= 0.6 is 0 Å². The number of aryl methyl sites for hydroxylation is 1. The van der Waals surface area contributed by atoms with Gasteiger partial charge in [-0.05, 0) is 25.1 Å². The van der Waals surface area contributed by atoms with Gasteiger partial charge in [-0.3, -0.25) is 19.4 Å². The Bertz CT molecular complexity index is 690. The highest BCUT2D eigenvalue weighted by Gasteiger charge is 2.10. The highest BCUT2D eigenvalue weighted by Crippen LogP contribution is 2.11. The molecule has 20 heavy (non-hydrogen) atoms. The lowest BCUT2D eigenvalue weighted by molar-refractivity contribution is 0.0953. The van der Waals surface area contributed by atoms with Crippen molar-refractivity contribution in [3.8, 4) is 0 Å². The molecule has 3 N–H and O–H groups in total. The van der Waals surface area contributed by atoms with Crippen molar-refractivity contribution in [2.45, 2.75) is 20.0 Å². The zero-order chi connectivity index (χ0) is 14.7. The zero-order valence-corrected chi connectivity index (χ0v) is 11.0. The molecule has 0 aliphatic carbocycles. The molecule has 7 heteroatoms. The number of halogens is 1. The van der Waals surface area contributed by atoms with Crippen molar-refractivity contribution >= 4 is 5.91 Å². The van der Waals surface area contributed by atoms with E-state index in [1.54, 1.807) is 12.4 Å². The number of carbonyl (C=O) groups is 1. The maximum atomic E-state index is 13.8. The molecule has 1 amide bonds. The van der Waals surface area contributed by atoms with Crippen LogP contribution in [-0.4, -0.2) is 15.0 Å². The number of nitrogen functional groups attached to an aromatic ring is 1. The number of nitrogens with two attached hydrogens (primary N) is 1. The third-order valence-electron chi connectivity index (χ3n) is 3.04. The molecule has 6 nitrogen and oxygen atoms in total. The molecule has 106 valence electrons. The number of amides is 1. The first-order valence-electron chi connectivity index (χ1n) is 6.11. The second kappa shape index (κ2) is 5.70. The number of nitrogens with zero attached hydrogens (tertiary/aromatic N) is 2. The van der Waals surface area contributed by atoms with E-state index in [0.717, 1.165) is 0 Å². The SMILES string of the molecule is CCn1ccn(Cc2cc(C(=O)NN)ccc2F)c1=O. The minimum Gasteiger partial charge on any atom is -0.300 e. The topological polar surface area (TPSA) is 82.1 Å². The summed E-state index contributed by atoms with van der Waals surface area (Å²) in [6.45, 7) is 2.45. The van der Waals surface area contributed by atoms with Gasteiger partial charge in [0.05, 0.1) is 6.54 Å². The molecule has 1 aromatic carbocycles. The van der Waals surface area contributed by atoms with Crippen molar-refractivity contribution in [2.24, 2.45) is 5.84 Å². The van der Waals surface area contributed by atoms with E-state index in [4.69, 9.17) is 5.84 Å². The van der Waals surface area contributed by atoms with Crippen molar-refractivity contribution in [1.29, 1.82) is 0 Å². The molecule has 1 heterocycles. The largest absolute Gasteiger partial charge is 0.328 e.